The van der Waals surface area contributed by atoms with Gasteiger partial charge in [-0.25, -0.2) is 0 Å². The van der Waals surface area contributed by atoms with Crippen molar-refractivity contribution in [3.63, 3.8) is 0 Å². The minimum absolute atomic E-state index is 0.171. The molecule has 150 valence electrons. The van der Waals surface area contributed by atoms with Gasteiger partial charge in [0.2, 0.25) is 9.70 Å². The first kappa shape index (κ1) is 22.6. The van der Waals surface area contributed by atoms with Gasteiger partial charge in [-0.15, -0.1) is 0 Å². The topological polar surface area (TPSA) is 62.4 Å². The Morgan fingerprint density at radius 3 is 2.36 bits per heavy atom. The monoisotopic (exact) mass is 459 g/mol. The second-order valence-corrected chi connectivity index (χ2v) is 8.60. The van der Waals surface area contributed by atoms with E-state index in [-0.39, 0.29) is 17.4 Å². The normalized spacial score (nSPS) is 12.0. The molecule has 0 saturated carbocycles. The minimum Gasteiger partial charge on any atom is -0.495 e. The van der Waals surface area contributed by atoms with Gasteiger partial charge in [-0.1, -0.05) is 77.3 Å². The molecule has 0 spiro atoms. The summed E-state index contributed by atoms with van der Waals surface area (Å²) in [5.41, 5.74) is 1.69. The highest BCUT2D eigenvalue weighted by Crippen LogP contribution is 2.29. The summed E-state index contributed by atoms with van der Waals surface area (Å²) in [6.07, 6.45) is -0.200. The highest BCUT2D eigenvalue weighted by atomic mass is 35.6. The molecule has 0 radical (unpaired) electrons. The summed E-state index contributed by atoms with van der Waals surface area (Å²) in [7, 11) is 1.55. The van der Waals surface area contributed by atoms with Crippen LogP contribution >= 0.6 is 47.0 Å². The van der Waals surface area contributed by atoms with Crippen LogP contribution in [0.2, 0.25) is 0 Å². The van der Waals surface area contributed by atoms with Crippen LogP contribution in [0, 0.1) is 0 Å². The van der Waals surface area contributed by atoms with Crippen molar-refractivity contribution in [2.45, 2.75) is 22.8 Å². The molecule has 0 aliphatic rings. The number of anilines is 1. The Morgan fingerprint density at radius 1 is 1.07 bits per heavy atom. The molecule has 2 aromatic rings. The number of para-hydroxylation sites is 2. The zero-order chi connectivity index (χ0) is 20.6. The average Bonchev–Trinajstić information content (AvgIpc) is 2.66. The lowest BCUT2D eigenvalue weighted by Crippen LogP contribution is -2.56. The van der Waals surface area contributed by atoms with Crippen LogP contribution in [0.5, 0.6) is 5.75 Å². The van der Waals surface area contributed by atoms with Crippen LogP contribution in [0.25, 0.3) is 0 Å². The molecular weight excluding hydrogens is 441 g/mol. The number of carbonyl (C=O) groups is 1. The molecule has 0 saturated heterocycles. The first-order chi connectivity index (χ1) is 13.3. The average molecular weight is 461 g/mol. The molecular formula is C19H20Cl3N3O2S. The molecule has 1 unspecified atom stereocenters. The summed E-state index contributed by atoms with van der Waals surface area (Å²) in [6.45, 7) is 0. The molecule has 1 atom stereocenters. The van der Waals surface area contributed by atoms with Gasteiger partial charge >= 0.3 is 0 Å². The molecule has 0 aliphatic heterocycles. The summed E-state index contributed by atoms with van der Waals surface area (Å²) >= 11 is 23.3. The van der Waals surface area contributed by atoms with Crippen molar-refractivity contribution >= 4 is 63.7 Å². The number of carbonyl (C=O) groups excluding carboxylic acids is 1. The molecule has 0 heterocycles. The fourth-order valence-electron chi connectivity index (χ4n) is 2.37. The second-order valence-electron chi connectivity index (χ2n) is 5.83. The third-order valence-corrected chi connectivity index (χ3v) is 4.62. The van der Waals surface area contributed by atoms with Crippen LogP contribution in [0.3, 0.4) is 0 Å². The standard InChI is InChI=1S/C19H20Cl3N3O2S/c1-27-15-10-6-5-9-14(15)23-18(28)25-17(19(20,21)22)24-16(26)12-11-13-7-3-2-4-8-13/h2-10,17H,11-12H2,1H3,(H,24,26)(H2,23,25,28). The number of rotatable bonds is 7. The van der Waals surface area contributed by atoms with Crippen molar-refractivity contribution in [2.24, 2.45) is 0 Å². The fourth-order valence-corrected chi connectivity index (χ4v) is 2.93. The van der Waals surface area contributed by atoms with E-state index in [1.54, 1.807) is 19.2 Å². The van der Waals surface area contributed by atoms with Gasteiger partial charge in [0.1, 0.15) is 11.9 Å². The number of halogens is 3. The maximum Gasteiger partial charge on any atom is 0.228 e. The van der Waals surface area contributed by atoms with E-state index in [9.17, 15) is 4.79 Å². The van der Waals surface area contributed by atoms with Crippen LogP contribution in [0.1, 0.15) is 12.0 Å². The van der Waals surface area contributed by atoms with Gasteiger partial charge in [0.25, 0.3) is 0 Å². The maximum absolute atomic E-state index is 12.3. The summed E-state index contributed by atoms with van der Waals surface area (Å²) in [4.78, 5) is 12.3. The Morgan fingerprint density at radius 2 is 1.71 bits per heavy atom. The van der Waals surface area contributed by atoms with E-state index in [4.69, 9.17) is 51.8 Å². The van der Waals surface area contributed by atoms with E-state index in [0.29, 0.717) is 17.9 Å². The highest BCUT2D eigenvalue weighted by Gasteiger charge is 2.34. The van der Waals surface area contributed by atoms with E-state index >= 15 is 0 Å². The number of thiocarbonyl (C=S) groups is 1. The van der Waals surface area contributed by atoms with E-state index in [2.05, 4.69) is 16.0 Å². The van der Waals surface area contributed by atoms with E-state index in [0.717, 1.165) is 5.56 Å². The zero-order valence-electron chi connectivity index (χ0n) is 15.0. The number of ether oxygens (including phenoxy) is 1. The van der Waals surface area contributed by atoms with Crippen molar-refractivity contribution in [1.29, 1.82) is 0 Å². The lowest BCUT2D eigenvalue weighted by molar-refractivity contribution is -0.121. The number of hydrogen-bond donors (Lipinski definition) is 3. The number of nitrogens with one attached hydrogen (secondary N) is 3. The van der Waals surface area contributed by atoms with Gasteiger partial charge in [-0.05, 0) is 36.3 Å². The third-order valence-electron chi connectivity index (χ3n) is 3.75. The number of methoxy groups -OCH3 is 1. The van der Waals surface area contributed by atoms with Crippen LogP contribution in [0.15, 0.2) is 54.6 Å². The zero-order valence-corrected chi connectivity index (χ0v) is 18.1. The van der Waals surface area contributed by atoms with E-state index < -0.39 is 9.96 Å². The molecule has 3 N–H and O–H groups in total. The highest BCUT2D eigenvalue weighted by molar-refractivity contribution is 7.80. The first-order valence-electron chi connectivity index (χ1n) is 8.40. The van der Waals surface area contributed by atoms with Gasteiger partial charge in [0.15, 0.2) is 5.11 Å². The Hall–Kier alpha value is -1.73. The van der Waals surface area contributed by atoms with E-state index in [1.165, 1.54) is 0 Å². The molecule has 0 bridgehead atoms. The molecule has 2 aromatic carbocycles. The van der Waals surface area contributed by atoms with E-state index in [1.807, 2.05) is 42.5 Å². The van der Waals surface area contributed by atoms with Crippen LogP contribution in [-0.4, -0.2) is 28.1 Å². The van der Waals surface area contributed by atoms with Gasteiger partial charge in [0, 0.05) is 6.42 Å². The lowest BCUT2D eigenvalue weighted by atomic mass is 10.1. The van der Waals surface area contributed by atoms with Crippen LogP contribution in [-0.2, 0) is 11.2 Å². The van der Waals surface area contributed by atoms with Crippen LogP contribution < -0.4 is 20.7 Å². The third kappa shape index (κ3) is 7.36. The summed E-state index contributed by atoms with van der Waals surface area (Å²) in [6, 6.07) is 16.9. The maximum atomic E-state index is 12.3. The number of alkyl halides is 3. The Labute approximate surface area is 184 Å². The van der Waals surface area contributed by atoms with Crippen molar-refractivity contribution in [3.05, 3.63) is 60.2 Å². The van der Waals surface area contributed by atoms with Crippen molar-refractivity contribution in [2.75, 3.05) is 12.4 Å². The second kappa shape index (κ2) is 10.7. The predicted octanol–water partition coefficient (Wildman–Crippen LogP) is 4.43. The molecule has 5 nitrogen and oxygen atoms in total. The largest absolute Gasteiger partial charge is 0.495 e. The number of amides is 1. The predicted molar refractivity (Wildman–Crippen MR) is 119 cm³/mol. The molecule has 1 amide bonds. The van der Waals surface area contributed by atoms with Gasteiger partial charge in [-0.2, -0.15) is 0 Å². The Kier molecular flexibility index (Phi) is 8.63. The molecule has 9 heteroatoms. The lowest BCUT2D eigenvalue weighted by Gasteiger charge is -2.28. The van der Waals surface area contributed by atoms with Gasteiger partial charge < -0.3 is 20.7 Å². The summed E-state index contributed by atoms with van der Waals surface area (Å²) in [5, 5.41) is 8.62. The van der Waals surface area contributed by atoms with Crippen molar-refractivity contribution < 1.29 is 9.53 Å². The molecule has 2 rings (SSSR count). The van der Waals surface area contributed by atoms with Crippen molar-refractivity contribution in [3.8, 4) is 5.75 Å². The minimum atomic E-state index is -1.81. The first-order valence-corrected chi connectivity index (χ1v) is 9.94. The number of benzene rings is 2. The number of hydrogen-bond acceptors (Lipinski definition) is 3. The van der Waals surface area contributed by atoms with Crippen molar-refractivity contribution in [1.82, 2.24) is 10.6 Å². The molecule has 28 heavy (non-hydrogen) atoms. The van der Waals surface area contributed by atoms with Crippen LogP contribution in [0.4, 0.5) is 5.69 Å². The summed E-state index contributed by atoms with van der Waals surface area (Å²) in [5.74, 6) is 0.330. The quantitative estimate of drug-likeness (QED) is 0.324. The molecule has 0 aliphatic carbocycles. The molecule has 0 fully saturated rings. The smallest absolute Gasteiger partial charge is 0.228 e. The van der Waals surface area contributed by atoms with Gasteiger partial charge in [-0.3, -0.25) is 4.79 Å². The number of aryl methyl sites for hydroxylation is 1. The fraction of sp³-hybridized carbons (Fsp3) is 0.263. The Balaban J connectivity index is 1.95. The summed E-state index contributed by atoms with van der Waals surface area (Å²) < 4.78 is 3.45. The Bertz CT molecular complexity index is 801. The SMILES string of the molecule is COc1ccccc1NC(=S)NC(NC(=O)CCc1ccccc1)C(Cl)(Cl)Cl. The van der Waals surface area contributed by atoms with Gasteiger partial charge in [0.05, 0.1) is 12.8 Å². The molecule has 0 aromatic heterocycles.